The molecule has 4 nitrogen and oxygen atoms in total. The monoisotopic (exact) mass is 288 g/mol. The maximum atomic E-state index is 12.0. The van der Waals surface area contributed by atoms with Crippen LogP contribution in [0.5, 0.6) is 0 Å². The maximum Gasteiger partial charge on any atom is 0.242 e. The highest BCUT2D eigenvalue weighted by Gasteiger charge is 2.18. The van der Waals surface area contributed by atoms with E-state index in [1.54, 1.807) is 18.2 Å². The molecule has 0 saturated carbocycles. The van der Waals surface area contributed by atoms with Crippen LogP contribution in [0.2, 0.25) is 5.02 Å². The lowest BCUT2D eigenvalue weighted by Crippen LogP contribution is -2.30. The number of halogens is 1. The van der Waals surface area contributed by atoms with Crippen molar-refractivity contribution in [1.82, 2.24) is 10.0 Å². The molecule has 1 fully saturated rings. The van der Waals surface area contributed by atoms with Gasteiger partial charge in [0.1, 0.15) is 4.90 Å². The average Bonchev–Trinajstić information content (AvgIpc) is 2.82. The summed E-state index contributed by atoms with van der Waals surface area (Å²) in [6, 6.07) is 6.90. The molecule has 100 valence electrons. The van der Waals surface area contributed by atoms with Crippen LogP contribution in [-0.2, 0) is 10.0 Å². The van der Waals surface area contributed by atoms with Crippen LogP contribution < -0.4 is 10.0 Å². The number of nitrogens with one attached hydrogen (secondary N) is 2. The van der Waals surface area contributed by atoms with Gasteiger partial charge in [-0.3, -0.25) is 0 Å². The van der Waals surface area contributed by atoms with E-state index in [1.807, 2.05) is 0 Å². The van der Waals surface area contributed by atoms with Gasteiger partial charge in [0, 0.05) is 12.6 Å². The first kappa shape index (κ1) is 13.8. The minimum Gasteiger partial charge on any atom is -0.314 e. The van der Waals surface area contributed by atoms with Crippen LogP contribution in [0.25, 0.3) is 0 Å². The predicted octanol–water partition coefficient (Wildman–Crippen LogP) is 1.76. The van der Waals surface area contributed by atoms with Gasteiger partial charge in [0.05, 0.1) is 5.02 Å². The molecule has 1 aliphatic rings. The summed E-state index contributed by atoms with van der Waals surface area (Å²) in [5, 5.41) is 3.59. The zero-order valence-electron chi connectivity index (χ0n) is 10.0. The molecule has 18 heavy (non-hydrogen) atoms. The van der Waals surface area contributed by atoms with Gasteiger partial charge in [0.15, 0.2) is 0 Å². The number of hydrogen-bond donors (Lipinski definition) is 2. The van der Waals surface area contributed by atoms with E-state index in [4.69, 9.17) is 11.6 Å². The molecule has 0 aliphatic carbocycles. The third-order valence-corrected chi connectivity index (χ3v) is 5.03. The minimum atomic E-state index is -3.49. The lowest BCUT2D eigenvalue weighted by Gasteiger charge is -2.11. The van der Waals surface area contributed by atoms with Crippen molar-refractivity contribution in [1.29, 1.82) is 0 Å². The zero-order valence-corrected chi connectivity index (χ0v) is 11.6. The van der Waals surface area contributed by atoms with E-state index in [1.165, 1.54) is 12.5 Å². The van der Waals surface area contributed by atoms with E-state index >= 15 is 0 Å². The Bertz CT molecular complexity index is 499. The predicted molar refractivity (Wildman–Crippen MR) is 72.3 cm³/mol. The van der Waals surface area contributed by atoms with Gasteiger partial charge in [-0.1, -0.05) is 23.7 Å². The molecule has 2 rings (SSSR count). The number of rotatable bonds is 5. The quantitative estimate of drug-likeness (QED) is 0.868. The van der Waals surface area contributed by atoms with E-state index in [2.05, 4.69) is 10.0 Å². The van der Waals surface area contributed by atoms with Gasteiger partial charge in [0.25, 0.3) is 0 Å². The Morgan fingerprint density at radius 2 is 2.17 bits per heavy atom. The van der Waals surface area contributed by atoms with Crippen molar-refractivity contribution >= 4 is 21.6 Å². The second kappa shape index (κ2) is 6.02. The van der Waals surface area contributed by atoms with Crippen LogP contribution in [0.15, 0.2) is 29.2 Å². The van der Waals surface area contributed by atoms with Crippen molar-refractivity contribution in [2.24, 2.45) is 0 Å². The molecule has 1 atom stereocenters. The van der Waals surface area contributed by atoms with Gasteiger partial charge in [0.2, 0.25) is 10.0 Å². The molecule has 2 N–H and O–H groups in total. The molecule has 0 radical (unpaired) electrons. The third kappa shape index (κ3) is 3.45. The van der Waals surface area contributed by atoms with E-state index < -0.39 is 10.0 Å². The molecule has 0 aromatic heterocycles. The second-order valence-electron chi connectivity index (χ2n) is 4.41. The van der Waals surface area contributed by atoms with Crippen molar-refractivity contribution in [2.75, 3.05) is 13.1 Å². The molecule has 0 bridgehead atoms. The summed E-state index contributed by atoms with van der Waals surface area (Å²) in [5.41, 5.74) is 0. The normalized spacial score (nSPS) is 20.2. The van der Waals surface area contributed by atoms with Gasteiger partial charge in [-0.05, 0) is 37.9 Å². The van der Waals surface area contributed by atoms with Crippen molar-refractivity contribution in [3.63, 3.8) is 0 Å². The van der Waals surface area contributed by atoms with Crippen molar-refractivity contribution in [2.45, 2.75) is 30.2 Å². The molecule has 1 aromatic carbocycles. The van der Waals surface area contributed by atoms with Crippen LogP contribution in [0.3, 0.4) is 0 Å². The molecule has 1 heterocycles. The van der Waals surface area contributed by atoms with Gasteiger partial charge < -0.3 is 5.32 Å². The second-order valence-corrected chi connectivity index (χ2v) is 6.55. The number of benzene rings is 1. The van der Waals surface area contributed by atoms with E-state index in [0.29, 0.717) is 12.6 Å². The van der Waals surface area contributed by atoms with Gasteiger partial charge >= 0.3 is 0 Å². The van der Waals surface area contributed by atoms with E-state index in [-0.39, 0.29) is 9.92 Å². The van der Waals surface area contributed by atoms with Gasteiger partial charge in [-0.15, -0.1) is 0 Å². The van der Waals surface area contributed by atoms with E-state index in [0.717, 1.165) is 19.4 Å². The Balaban J connectivity index is 1.93. The Kier molecular flexibility index (Phi) is 4.61. The molecule has 1 aromatic rings. The first-order valence-corrected chi connectivity index (χ1v) is 7.93. The highest BCUT2D eigenvalue weighted by molar-refractivity contribution is 7.89. The van der Waals surface area contributed by atoms with Gasteiger partial charge in [-0.2, -0.15) is 0 Å². The number of sulfonamides is 1. The van der Waals surface area contributed by atoms with Crippen LogP contribution in [0, 0.1) is 0 Å². The maximum absolute atomic E-state index is 12.0. The van der Waals surface area contributed by atoms with Crippen LogP contribution >= 0.6 is 11.6 Å². The summed E-state index contributed by atoms with van der Waals surface area (Å²) in [7, 11) is -3.49. The largest absolute Gasteiger partial charge is 0.314 e. The highest BCUT2D eigenvalue weighted by Crippen LogP contribution is 2.20. The Morgan fingerprint density at radius 1 is 1.39 bits per heavy atom. The van der Waals surface area contributed by atoms with Crippen LogP contribution in [0.1, 0.15) is 19.3 Å². The molecule has 1 unspecified atom stereocenters. The fourth-order valence-corrected chi connectivity index (χ4v) is 3.68. The molecule has 0 amide bonds. The summed E-state index contributed by atoms with van der Waals surface area (Å²) in [4.78, 5) is 0.144. The molecular weight excluding hydrogens is 272 g/mol. The zero-order chi connectivity index (χ0) is 13.0. The number of hydrogen-bond acceptors (Lipinski definition) is 3. The first-order chi connectivity index (χ1) is 8.59. The lowest BCUT2D eigenvalue weighted by molar-refractivity contribution is 0.539. The van der Waals surface area contributed by atoms with Crippen molar-refractivity contribution in [3.05, 3.63) is 29.3 Å². The summed E-state index contributed by atoms with van der Waals surface area (Å²) in [6.07, 6.45) is 3.10. The summed E-state index contributed by atoms with van der Waals surface area (Å²) in [5.74, 6) is 0. The topological polar surface area (TPSA) is 58.2 Å². The molecule has 1 aliphatic heterocycles. The van der Waals surface area contributed by atoms with Crippen molar-refractivity contribution in [3.8, 4) is 0 Å². The smallest absolute Gasteiger partial charge is 0.242 e. The molecule has 6 heteroatoms. The van der Waals surface area contributed by atoms with Crippen LogP contribution in [-0.4, -0.2) is 27.5 Å². The standard InChI is InChI=1S/C12H17ClN2O2S/c13-11-5-1-2-6-12(11)18(16,17)15-9-7-10-4-3-8-14-10/h1-2,5-6,10,14-15H,3-4,7-9H2. The van der Waals surface area contributed by atoms with Crippen LogP contribution in [0.4, 0.5) is 0 Å². The highest BCUT2D eigenvalue weighted by atomic mass is 35.5. The fourth-order valence-electron chi connectivity index (χ4n) is 2.11. The first-order valence-electron chi connectivity index (χ1n) is 6.07. The Morgan fingerprint density at radius 3 is 2.83 bits per heavy atom. The third-order valence-electron chi connectivity index (χ3n) is 3.07. The fraction of sp³-hybridized carbons (Fsp3) is 0.500. The SMILES string of the molecule is O=S(=O)(NCCC1CCCN1)c1ccccc1Cl. The Labute approximate surface area is 113 Å². The lowest BCUT2D eigenvalue weighted by atomic mass is 10.2. The average molecular weight is 289 g/mol. The Hall–Kier alpha value is -0.620. The summed E-state index contributed by atoms with van der Waals surface area (Å²) < 4.78 is 26.6. The summed E-state index contributed by atoms with van der Waals surface area (Å²) in [6.45, 7) is 1.47. The van der Waals surface area contributed by atoms with Gasteiger partial charge in [-0.25, -0.2) is 13.1 Å². The molecule has 0 spiro atoms. The van der Waals surface area contributed by atoms with E-state index in [9.17, 15) is 8.42 Å². The minimum absolute atomic E-state index is 0.144. The molecule has 1 saturated heterocycles. The molecular formula is C12H17ClN2O2S. The van der Waals surface area contributed by atoms with Crippen molar-refractivity contribution < 1.29 is 8.42 Å². The summed E-state index contributed by atoms with van der Waals surface area (Å²) >= 11 is 5.88.